The lowest BCUT2D eigenvalue weighted by Crippen LogP contribution is -2.60. The number of aromatic nitrogens is 2. The first-order valence-corrected chi connectivity index (χ1v) is 7.61. The van der Waals surface area contributed by atoms with Crippen molar-refractivity contribution in [1.82, 2.24) is 14.9 Å². The first-order chi connectivity index (χ1) is 10.2. The number of likely N-dealkylation sites (tertiary alicyclic amines) is 1. The van der Waals surface area contributed by atoms with Crippen LogP contribution in [0.2, 0.25) is 0 Å². The number of rotatable bonds is 1. The molecule has 0 unspecified atom stereocenters. The van der Waals surface area contributed by atoms with Gasteiger partial charge < -0.3 is 15.5 Å². The van der Waals surface area contributed by atoms with Crippen LogP contribution in [0.15, 0.2) is 24.3 Å². The number of anilines is 2. The number of fused-ring (bicyclic) bond motifs is 1. The van der Waals surface area contributed by atoms with E-state index < -0.39 is 0 Å². The molecule has 0 bridgehead atoms. The van der Waals surface area contributed by atoms with Crippen molar-refractivity contribution in [2.45, 2.75) is 12.8 Å². The molecule has 2 aliphatic rings. The molecular formula is C16H21N5. The van der Waals surface area contributed by atoms with Crippen LogP contribution in [0.1, 0.15) is 12.8 Å². The Morgan fingerprint density at radius 3 is 2.57 bits per heavy atom. The molecule has 2 aromatic rings. The van der Waals surface area contributed by atoms with E-state index >= 15 is 0 Å². The molecule has 1 aromatic carbocycles. The summed E-state index contributed by atoms with van der Waals surface area (Å²) in [6.45, 7) is 4.54. The molecular weight excluding hydrogens is 262 g/mol. The Hall–Kier alpha value is -1.88. The number of para-hydroxylation sites is 1. The summed E-state index contributed by atoms with van der Waals surface area (Å²) in [6.07, 6.45) is 2.56. The topological polar surface area (TPSA) is 58.3 Å². The van der Waals surface area contributed by atoms with Crippen molar-refractivity contribution in [3.8, 4) is 0 Å². The number of nitrogen functional groups attached to an aromatic ring is 1. The van der Waals surface area contributed by atoms with Crippen LogP contribution < -0.4 is 10.6 Å². The molecule has 0 amide bonds. The SMILES string of the molecule is CN1CCC2(CC1)CN(c1nc(N)c3ccccc3n1)C2. The Bertz CT molecular complexity index is 667. The van der Waals surface area contributed by atoms with Crippen molar-refractivity contribution in [3.63, 3.8) is 0 Å². The third-order valence-corrected chi connectivity index (χ3v) is 5.00. The number of nitrogens with zero attached hydrogens (tertiary/aromatic N) is 4. The Morgan fingerprint density at radius 1 is 1.10 bits per heavy atom. The van der Waals surface area contributed by atoms with Gasteiger partial charge in [-0.25, -0.2) is 4.98 Å². The second-order valence-electron chi connectivity index (χ2n) is 6.59. The standard InChI is InChI=1S/C16H21N5/c1-20-8-6-16(7-9-20)10-21(11-16)15-18-13-5-3-2-4-12(13)14(17)19-15/h2-5H,6-11H2,1H3,(H2,17,18,19). The quantitative estimate of drug-likeness (QED) is 0.864. The predicted octanol–water partition coefficient (Wildman–Crippen LogP) is 1.74. The summed E-state index contributed by atoms with van der Waals surface area (Å²) in [5, 5.41) is 0.941. The molecule has 2 N–H and O–H groups in total. The maximum absolute atomic E-state index is 6.08. The summed E-state index contributed by atoms with van der Waals surface area (Å²) in [7, 11) is 2.20. The number of piperidine rings is 1. The molecule has 5 nitrogen and oxygen atoms in total. The molecule has 0 aliphatic carbocycles. The van der Waals surface area contributed by atoms with Gasteiger partial charge in [-0.2, -0.15) is 4.98 Å². The molecule has 1 spiro atoms. The largest absolute Gasteiger partial charge is 0.383 e. The van der Waals surface area contributed by atoms with Crippen LogP contribution in [0.4, 0.5) is 11.8 Å². The van der Waals surface area contributed by atoms with Crippen molar-refractivity contribution in [3.05, 3.63) is 24.3 Å². The van der Waals surface area contributed by atoms with Crippen LogP contribution in [-0.2, 0) is 0 Å². The average molecular weight is 283 g/mol. The van der Waals surface area contributed by atoms with Gasteiger partial charge in [-0.15, -0.1) is 0 Å². The number of nitrogens with two attached hydrogens (primary N) is 1. The summed E-state index contributed by atoms with van der Waals surface area (Å²) in [4.78, 5) is 13.9. The lowest BCUT2D eigenvalue weighted by molar-refractivity contribution is 0.0895. The highest BCUT2D eigenvalue weighted by molar-refractivity contribution is 5.88. The molecule has 1 aromatic heterocycles. The van der Waals surface area contributed by atoms with Crippen LogP contribution in [0, 0.1) is 5.41 Å². The predicted molar refractivity (Wildman–Crippen MR) is 85.3 cm³/mol. The van der Waals surface area contributed by atoms with Crippen molar-refractivity contribution < 1.29 is 0 Å². The summed E-state index contributed by atoms with van der Waals surface area (Å²) in [5.41, 5.74) is 7.49. The number of hydrogen-bond acceptors (Lipinski definition) is 5. The molecule has 0 atom stereocenters. The third-order valence-electron chi connectivity index (χ3n) is 5.00. The molecule has 2 fully saturated rings. The monoisotopic (exact) mass is 283 g/mol. The molecule has 0 radical (unpaired) electrons. The van der Waals surface area contributed by atoms with E-state index in [9.17, 15) is 0 Å². The lowest BCUT2D eigenvalue weighted by Gasteiger charge is -2.53. The zero-order chi connectivity index (χ0) is 14.4. The second-order valence-corrected chi connectivity index (χ2v) is 6.59. The summed E-state index contributed by atoms with van der Waals surface area (Å²) in [6, 6.07) is 7.94. The first-order valence-electron chi connectivity index (χ1n) is 7.61. The Balaban J connectivity index is 1.56. The second kappa shape index (κ2) is 4.56. The molecule has 4 rings (SSSR count). The zero-order valence-electron chi connectivity index (χ0n) is 12.4. The third kappa shape index (κ3) is 2.12. The minimum Gasteiger partial charge on any atom is -0.383 e. The van der Waals surface area contributed by atoms with Crippen LogP contribution in [-0.4, -0.2) is 48.1 Å². The van der Waals surface area contributed by atoms with Crippen molar-refractivity contribution in [2.24, 2.45) is 5.41 Å². The van der Waals surface area contributed by atoms with Gasteiger partial charge in [-0.1, -0.05) is 12.1 Å². The van der Waals surface area contributed by atoms with E-state index in [1.54, 1.807) is 0 Å². The summed E-state index contributed by atoms with van der Waals surface area (Å²) >= 11 is 0. The van der Waals surface area contributed by atoms with Gasteiger partial charge >= 0.3 is 0 Å². The summed E-state index contributed by atoms with van der Waals surface area (Å²) < 4.78 is 0. The minimum absolute atomic E-state index is 0.482. The van der Waals surface area contributed by atoms with Gasteiger partial charge in [-0.05, 0) is 45.1 Å². The fourth-order valence-corrected chi connectivity index (χ4v) is 3.54. The van der Waals surface area contributed by atoms with Crippen molar-refractivity contribution in [2.75, 3.05) is 43.9 Å². The summed E-state index contributed by atoms with van der Waals surface area (Å²) in [5.74, 6) is 1.37. The molecule has 0 saturated carbocycles. The maximum Gasteiger partial charge on any atom is 0.227 e. The number of benzene rings is 1. The van der Waals surface area contributed by atoms with Gasteiger partial charge in [0, 0.05) is 23.9 Å². The Morgan fingerprint density at radius 2 is 1.81 bits per heavy atom. The zero-order valence-corrected chi connectivity index (χ0v) is 12.4. The smallest absolute Gasteiger partial charge is 0.227 e. The fraction of sp³-hybridized carbons (Fsp3) is 0.500. The highest BCUT2D eigenvalue weighted by Crippen LogP contribution is 2.41. The van der Waals surface area contributed by atoms with Gasteiger partial charge in [0.25, 0.3) is 0 Å². The molecule has 21 heavy (non-hydrogen) atoms. The normalized spacial score (nSPS) is 21.7. The van der Waals surface area contributed by atoms with Crippen molar-refractivity contribution >= 4 is 22.7 Å². The lowest BCUT2D eigenvalue weighted by atomic mass is 9.72. The van der Waals surface area contributed by atoms with E-state index in [0.29, 0.717) is 11.2 Å². The fourth-order valence-electron chi connectivity index (χ4n) is 3.54. The van der Waals surface area contributed by atoms with E-state index in [4.69, 9.17) is 5.73 Å². The van der Waals surface area contributed by atoms with Gasteiger partial charge in [0.2, 0.25) is 5.95 Å². The highest BCUT2D eigenvalue weighted by atomic mass is 15.3. The van der Waals surface area contributed by atoms with Crippen molar-refractivity contribution in [1.29, 1.82) is 0 Å². The van der Waals surface area contributed by atoms with Crippen LogP contribution in [0.25, 0.3) is 10.9 Å². The minimum atomic E-state index is 0.482. The van der Waals surface area contributed by atoms with E-state index in [1.807, 2.05) is 24.3 Å². The number of hydrogen-bond donors (Lipinski definition) is 1. The average Bonchev–Trinajstić information content (AvgIpc) is 2.46. The molecule has 2 saturated heterocycles. The molecule has 3 heterocycles. The maximum atomic E-state index is 6.08. The van der Waals surface area contributed by atoms with Gasteiger partial charge in [-0.3, -0.25) is 0 Å². The van der Waals surface area contributed by atoms with Crippen LogP contribution in [0.3, 0.4) is 0 Å². The first kappa shape index (κ1) is 12.8. The van der Waals surface area contributed by atoms with E-state index in [-0.39, 0.29) is 0 Å². The van der Waals surface area contributed by atoms with Gasteiger partial charge in [0.05, 0.1) is 5.52 Å². The van der Waals surface area contributed by atoms with E-state index in [0.717, 1.165) is 29.9 Å². The van der Waals surface area contributed by atoms with Crippen LogP contribution in [0.5, 0.6) is 0 Å². The highest BCUT2D eigenvalue weighted by Gasteiger charge is 2.45. The van der Waals surface area contributed by atoms with Crippen LogP contribution >= 0.6 is 0 Å². The molecule has 2 aliphatic heterocycles. The van der Waals surface area contributed by atoms with Gasteiger partial charge in [0.1, 0.15) is 5.82 Å². The van der Waals surface area contributed by atoms with Gasteiger partial charge in [0.15, 0.2) is 0 Å². The van der Waals surface area contributed by atoms with E-state index in [2.05, 4.69) is 26.8 Å². The molecule has 110 valence electrons. The molecule has 5 heteroatoms. The Labute approximate surface area is 124 Å². The van der Waals surface area contributed by atoms with E-state index in [1.165, 1.54) is 25.9 Å². The Kier molecular flexibility index (Phi) is 2.79.